The Morgan fingerprint density at radius 2 is 1.68 bits per heavy atom. The number of aliphatic hydroxyl groups is 4. The number of nitrogens with zero attached hydrogens (tertiary/aromatic N) is 1. The lowest BCUT2D eigenvalue weighted by Crippen LogP contribution is -2.60. The van der Waals surface area contributed by atoms with Gasteiger partial charge in [0, 0.05) is 44.5 Å². The SMILES string of the molecule is CCC(=O)OCc1ccc(O[C@@H]2O[C@H](CO)[C@H](O)[C@H](O)[C@H]2O)c(NC(=O)CCNC(=O)CCCCCN2C(=O)C=CC2=O)c1. The van der Waals surface area contributed by atoms with Gasteiger partial charge in [0.15, 0.2) is 0 Å². The van der Waals surface area contributed by atoms with E-state index >= 15 is 0 Å². The summed E-state index contributed by atoms with van der Waals surface area (Å²) in [5.74, 6) is -1.86. The molecule has 2 aliphatic heterocycles. The summed E-state index contributed by atoms with van der Waals surface area (Å²) in [5, 5.41) is 45.2. The van der Waals surface area contributed by atoms with Crippen LogP contribution in [0.2, 0.25) is 0 Å². The lowest BCUT2D eigenvalue weighted by Gasteiger charge is -2.39. The molecule has 44 heavy (non-hydrogen) atoms. The van der Waals surface area contributed by atoms with Crippen molar-refractivity contribution in [3.05, 3.63) is 35.9 Å². The van der Waals surface area contributed by atoms with E-state index in [0.29, 0.717) is 24.8 Å². The maximum Gasteiger partial charge on any atom is 0.305 e. The first-order chi connectivity index (χ1) is 21.0. The second kappa shape index (κ2) is 16.8. The number of carbonyl (C=O) groups excluding carboxylic acids is 5. The molecule has 0 aromatic heterocycles. The van der Waals surface area contributed by atoms with E-state index in [1.54, 1.807) is 13.0 Å². The Morgan fingerprint density at radius 1 is 0.955 bits per heavy atom. The van der Waals surface area contributed by atoms with Crippen LogP contribution in [0.15, 0.2) is 30.4 Å². The second-order valence-electron chi connectivity index (χ2n) is 10.3. The molecule has 3 rings (SSSR count). The van der Waals surface area contributed by atoms with Crippen molar-refractivity contribution in [3.8, 4) is 5.75 Å². The Balaban J connectivity index is 1.51. The zero-order valence-corrected chi connectivity index (χ0v) is 24.3. The van der Waals surface area contributed by atoms with Crippen LogP contribution in [0.1, 0.15) is 51.0 Å². The summed E-state index contributed by atoms with van der Waals surface area (Å²) < 4.78 is 16.3. The minimum atomic E-state index is -1.68. The molecule has 1 fully saturated rings. The number of unbranched alkanes of at least 4 members (excludes halogenated alkanes) is 2. The van der Waals surface area contributed by atoms with Crippen LogP contribution in [0.3, 0.4) is 0 Å². The first-order valence-corrected chi connectivity index (χ1v) is 14.4. The molecule has 1 saturated heterocycles. The summed E-state index contributed by atoms with van der Waals surface area (Å²) in [5.41, 5.74) is 0.625. The molecule has 2 heterocycles. The molecule has 2 aliphatic rings. The van der Waals surface area contributed by atoms with E-state index in [9.17, 15) is 44.4 Å². The molecule has 242 valence electrons. The summed E-state index contributed by atoms with van der Waals surface area (Å²) in [6.45, 7) is 1.22. The highest BCUT2D eigenvalue weighted by Crippen LogP contribution is 2.31. The highest BCUT2D eigenvalue weighted by Gasteiger charge is 2.45. The Kier molecular flexibility index (Phi) is 13.2. The Morgan fingerprint density at radius 3 is 2.36 bits per heavy atom. The molecular weight excluding hydrogens is 582 g/mol. The summed E-state index contributed by atoms with van der Waals surface area (Å²) in [6, 6.07) is 4.47. The van der Waals surface area contributed by atoms with Crippen molar-refractivity contribution in [2.75, 3.05) is 25.0 Å². The topological polar surface area (TPSA) is 221 Å². The number of carbonyl (C=O) groups is 5. The first-order valence-electron chi connectivity index (χ1n) is 14.4. The highest BCUT2D eigenvalue weighted by molar-refractivity contribution is 6.12. The lowest BCUT2D eigenvalue weighted by atomic mass is 9.99. The van der Waals surface area contributed by atoms with Gasteiger partial charge in [-0.2, -0.15) is 0 Å². The number of esters is 1. The zero-order chi connectivity index (χ0) is 32.2. The molecule has 0 bridgehead atoms. The van der Waals surface area contributed by atoms with Crippen LogP contribution in [-0.4, -0.2) is 105 Å². The standard InChI is InChI=1S/C29H39N3O12/c1-2-25(38)42-16-17-7-8-19(43-29-28(41)27(40)26(39)20(15-33)44-29)18(14-17)31-22(35)11-12-30-21(34)6-4-3-5-13-32-23(36)9-10-24(32)37/h7-10,14,20,26-29,33,39-41H,2-6,11-13,15-16H2,1H3,(H,30,34)(H,31,35)/t20-,26+,27+,28-,29-/m1/s1. The normalized spacial score (nSPS) is 23.0. The maximum atomic E-state index is 12.7. The minimum Gasteiger partial charge on any atom is -0.461 e. The van der Waals surface area contributed by atoms with Crippen molar-refractivity contribution in [3.63, 3.8) is 0 Å². The maximum absolute atomic E-state index is 12.7. The van der Waals surface area contributed by atoms with E-state index in [0.717, 1.165) is 4.90 Å². The Labute approximate surface area is 253 Å². The van der Waals surface area contributed by atoms with Gasteiger partial charge in [0.2, 0.25) is 18.1 Å². The van der Waals surface area contributed by atoms with Crippen LogP contribution in [-0.2, 0) is 40.1 Å². The van der Waals surface area contributed by atoms with E-state index in [1.807, 2.05) is 0 Å². The molecule has 0 spiro atoms. The number of benzene rings is 1. The molecule has 0 unspecified atom stereocenters. The number of anilines is 1. The lowest BCUT2D eigenvalue weighted by molar-refractivity contribution is -0.277. The number of nitrogens with one attached hydrogen (secondary N) is 2. The van der Waals surface area contributed by atoms with Gasteiger partial charge in [-0.15, -0.1) is 0 Å². The number of aliphatic hydroxyl groups excluding tert-OH is 4. The highest BCUT2D eigenvalue weighted by atomic mass is 16.7. The predicted molar refractivity (Wildman–Crippen MR) is 152 cm³/mol. The zero-order valence-electron chi connectivity index (χ0n) is 24.3. The summed E-state index contributed by atoms with van der Waals surface area (Å²) >= 11 is 0. The molecule has 6 N–H and O–H groups in total. The van der Waals surface area contributed by atoms with E-state index in [4.69, 9.17) is 14.2 Å². The summed E-state index contributed by atoms with van der Waals surface area (Å²) in [7, 11) is 0. The van der Waals surface area contributed by atoms with Crippen molar-refractivity contribution in [2.24, 2.45) is 0 Å². The van der Waals surface area contributed by atoms with Crippen LogP contribution >= 0.6 is 0 Å². The van der Waals surface area contributed by atoms with Crippen molar-refractivity contribution in [1.29, 1.82) is 0 Å². The van der Waals surface area contributed by atoms with Crippen LogP contribution in [0, 0.1) is 0 Å². The van der Waals surface area contributed by atoms with Crippen LogP contribution in [0.25, 0.3) is 0 Å². The number of imide groups is 1. The number of hydrogen-bond acceptors (Lipinski definition) is 12. The monoisotopic (exact) mass is 621 g/mol. The van der Waals surface area contributed by atoms with Gasteiger partial charge in [-0.25, -0.2) is 0 Å². The van der Waals surface area contributed by atoms with E-state index in [1.165, 1.54) is 24.3 Å². The number of rotatable bonds is 16. The molecule has 1 aromatic rings. The van der Waals surface area contributed by atoms with Gasteiger partial charge in [-0.05, 0) is 30.5 Å². The number of ether oxygens (including phenoxy) is 3. The average molecular weight is 622 g/mol. The van der Waals surface area contributed by atoms with Gasteiger partial charge in [0.25, 0.3) is 11.8 Å². The van der Waals surface area contributed by atoms with Crippen LogP contribution in [0.5, 0.6) is 5.75 Å². The van der Waals surface area contributed by atoms with Gasteiger partial charge in [-0.1, -0.05) is 19.4 Å². The second-order valence-corrected chi connectivity index (χ2v) is 10.3. The van der Waals surface area contributed by atoms with Gasteiger partial charge >= 0.3 is 5.97 Å². The average Bonchev–Trinajstić information content (AvgIpc) is 3.33. The van der Waals surface area contributed by atoms with Crippen LogP contribution in [0.4, 0.5) is 5.69 Å². The largest absolute Gasteiger partial charge is 0.461 e. The van der Waals surface area contributed by atoms with Crippen molar-refractivity contribution in [1.82, 2.24) is 10.2 Å². The molecule has 15 nitrogen and oxygen atoms in total. The van der Waals surface area contributed by atoms with E-state index in [2.05, 4.69) is 10.6 Å². The van der Waals surface area contributed by atoms with Gasteiger partial charge < -0.3 is 45.3 Å². The molecule has 0 saturated carbocycles. The minimum absolute atomic E-state index is 0.0189. The predicted octanol–water partition coefficient (Wildman–Crippen LogP) is -0.751. The molecule has 0 radical (unpaired) electrons. The Bertz CT molecular complexity index is 1200. The van der Waals surface area contributed by atoms with E-state index < -0.39 is 49.2 Å². The Hall–Kier alpha value is -3.89. The van der Waals surface area contributed by atoms with Gasteiger partial charge in [0.1, 0.15) is 36.8 Å². The van der Waals surface area contributed by atoms with Crippen molar-refractivity contribution < 1.29 is 58.6 Å². The quantitative estimate of drug-likeness (QED) is 0.0763. The third kappa shape index (κ3) is 9.82. The number of hydrogen-bond donors (Lipinski definition) is 6. The van der Waals surface area contributed by atoms with Crippen molar-refractivity contribution >= 4 is 35.3 Å². The molecular formula is C29H39N3O12. The fourth-order valence-corrected chi connectivity index (χ4v) is 4.42. The van der Waals surface area contributed by atoms with Gasteiger partial charge in [-0.3, -0.25) is 28.9 Å². The molecule has 5 atom stereocenters. The van der Waals surface area contributed by atoms with E-state index in [-0.39, 0.29) is 68.1 Å². The molecule has 15 heteroatoms. The summed E-state index contributed by atoms with van der Waals surface area (Å²) in [6.07, 6.45) is -3.18. The first kappa shape index (κ1) is 34.6. The molecule has 4 amide bonds. The fourth-order valence-electron chi connectivity index (χ4n) is 4.42. The fraction of sp³-hybridized carbons (Fsp3) is 0.552. The third-order valence-electron chi connectivity index (χ3n) is 6.96. The smallest absolute Gasteiger partial charge is 0.305 e. The third-order valence-corrected chi connectivity index (χ3v) is 6.96. The molecule has 0 aliphatic carbocycles. The van der Waals surface area contributed by atoms with Crippen molar-refractivity contribution in [2.45, 2.75) is 82.8 Å². The summed E-state index contributed by atoms with van der Waals surface area (Å²) in [4.78, 5) is 60.8. The van der Waals surface area contributed by atoms with Crippen LogP contribution < -0.4 is 15.4 Å². The van der Waals surface area contributed by atoms with Gasteiger partial charge in [0.05, 0.1) is 12.3 Å². The number of amides is 4. The molecule has 1 aromatic carbocycles.